The Morgan fingerprint density at radius 3 is 2.74 bits per heavy atom. The van der Waals surface area contributed by atoms with Crippen LogP contribution in [0.2, 0.25) is 0 Å². The molecule has 0 saturated heterocycles. The fourth-order valence-corrected chi connectivity index (χ4v) is 6.50. The highest BCUT2D eigenvalue weighted by atomic mass is 32.1. The molecule has 3 aliphatic carbocycles. The minimum Gasteiger partial charge on any atom is -0.148 e. The quantitative estimate of drug-likeness (QED) is 0.530. The second-order valence-corrected chi connectivity index (χ2v) is 8.01. The van der Waals surface area contributed by atoms with Crippen molar-refractivity contribution >= 4 is 11.3 Å². The fraction of sp³-hybridized carbons (Fsp3) is 0.667. The number of thiophene rings is 1. The van der Waals surface area contributed by atoms with Gasteiger partial charge < -0.3 is 0 Å². The van der Waals surface area contributed by atoms with Gasteiger partial charge in [-0.2, -0.15) is 0 Å². The van der Waals surface area contributed by atoms with Crippen molar-refractivity contribution < 1.29 is 0 Å². The summed E-state index contributed by atoms with van der Waals surface area (Å²) in [6.07, 6.45) is 5.62. The van der Waals surface area contributed by atoms with Gasteiger partial charge in [-0.3, -0.25) is 0 Å². The minimum atomic E-state index is 0.766. The molecule has 1 aromatic rings. The number of fused-ring (bicyclic) bond motifs is 5. The molecule has 102 valence electrons. The van der Waals surface area contributed by atoms with E-state index in [1.165, 1.54) is 25.7 Å². The molecule has 19 heavy (non-hydrogen) atoms. The van der Waals surface area contributed by atoms with Crippen LogP contribution in [0, 0.1) is 17.8 Å². The molecule has 1 heteroatoms. The van der Waals surface area contributed by atoms with Crippen LogP contribution >= 0.6 is 11.3 Å². The molecule has 1 heterocycles. The van der Waals surface area contributed by atoms with Gasteiger partial charge in [0.05, 0.1) is 0 Å². The maximum atomic E-state index is 2.53. The van der Waals surface area contributed by atoms with Gasteiger partial charge in [0.15, 0.2) is 0 Å². The molecule has 0 N–H and O–H groups in total. The molecular weight excluding hydrogens is 248 g/mol. The fourth-order valence-electron chi connectivity index (χ4n) is 5.29. The van der Waals surface area contributed by atoms with Crippen LogP contribution in [0.15, 0.2) is 22.6 Å². The molecular formula is C18H24S. The Balaban J connectivity index is 1.80. The average molecular weight is 272 g/mol. The normalized spacial score (nSPS) is 40.9. The SMILES string of the molecule is CC1=C2CCC3c4sccc4C(C)C(C)C3C2CC1. The number of hydrogen-bond acceptors (Lipinski definition) is 1. The third kappa shape index (κ3) is 1.57. The standard InChI is InChI=1S/C18H24S/c1-10-4-5-15-13(10)6-7-16-17(15)12(3)11(2)14-8-9-19-18(14)16/h8-9,11-12,15-17H,4-7H2,1-3H3. The predicted molar refractivity (Wildman–Crippen MR) is 82.8 cm³/mol. The lowest BCUT2D eigenvalue weighted by Crippen LogP contribution is -2.37. The van der Waals surface area contributed by atoms with Gasteiger partial charge in [0.25, 0.3) is 0 Å². The van der Waals surface area contributed by atoms with Crippen molar-refractivity contribution in [2.45, 2.75) is 58.3 Å². The van der Waals surface area contributed by atoms with Gasteiger partial charge in [-0.15, -0.1) is 11.3 Å². The zero-order chi connectivity index (χ0) is 13.1. The first-order chi connectivity index (χ1) is 9.18. The first-order valence-corrected chi connectivity index (χ1v) is 8.82. The van der Waals surface area contributed by atoms with Crippen molar-refractivity contribution in [3.63, 3.8) is 0 Å². The van der Waals surface area contributed by atoms with E-state index in [1.807, 2.05) is 16.9 Å². The third-order valence-corrected chi connectivity index (χ3v) is 7.49. The van der Waals surface area contributed by atoms with E-state index in [0.29, 0.717) is 0 Å². The molecule has 0 radical (unpaired) electrons. The zero-order valence-corrected chi connectivity index (χ0v) is 13.1. The first-order valence-electron chi connectivity index (χ1n) is 7.94. The van der Waals surface area contributed by atoms with E-state index in [1.54, 1.807) is 16.0 Å². The van der Waals surface area contributed by atoms with Gasteiger partial charge in [0, 0.05) is 4.88 Å². The summed E-state index contributed by atoms with van der Waals surface area (Å²) >= 11 is 2.04. The van der Waals surface area contributed by atoms with Crippen molar-refractivity contribution in [1.29, 1.82) is 0 Å². The predicted octanol–water partition coefficient (Wildman–Crippen LogP) is 5.72. The topological polar surface area (TPSA) is 0 Å². The third-order valence-electron chi connectivity index (χ3n) is 6.43. The van der Waals surface area contributed by atoms with Crippen molar-refractivity contribution in [2.75, 3.05) is 0 Å². The smallest absolute Gasteiger partial charge is 0.0114 e. The van der Waals surface area contributed by atoms with E-state index >= 15 is 0 Å². The largest absolute Gasteiger partial charge is 0.148 e. The van der Waals surface area contributed by atoms with Crippen LogP contribution in [-0.4, -0.2) is 0 Å². The zero-order valence-electron chi connectivity index (χ0n) is 12.3. The molecule has 0 aliphatic heterocycles. The Morgan fingerprint density at radius 1 is 1.11 bits per heavy atom. The summed E-state index contributed by atoms with van der Waals surface area (Å²) in [4.78, 5) is 1.75. The van der Waals surface area contributed by atoms with Gasteiger partial charge in [0.1, 0.15) is 0 Å². The van der Waals surface area contributed by atoms with Gasteiger partial charge >= 0.3 is 0 Å². The van der Waals surface area contributed by atoms with E-state index in [0.717, 1.165) is 29.6 Å². The number of rotatable bonds is 0. The van der Waals surface area contributed by atoms with E-state index in [4.69, 9.17) is 0 Å². The van der Waals surface area contributed by atoms with E-state index in [-0.39, 0.29) is 0 Å². The molecule has 0 amide bonds. The van der Waals surface area contributed by atoms with Crippen molar-refractivity contribution in [3.8, 4) is 0 Å². The van der Waals surface area contributed by atoms with E-state index < -0.39 is 0 Å². The summed E-state index contributed by atoms with van der Waals surface area (Å²) in [6, 6.07) is 2.41. The molecule has 1 saturated carbocycles. The molecule has 5 unspecified atom stereocenters. The van der Waals surface area contributed by atoms with Gasteiger partial charge in [0.2, 0.25) is 0 Å². The maximum Gasteiger partial charge on any atom is 0.0114 e. The summed E-state index contributed by atoms with van der Waals surface area (Å²) < 4.78 is 0. The van der Waals surface area contributed by atoms with Crippen molar-refractivity contribution in [3.05, 3.63) is 33.0 Å². The molecule has 0 bridgehead atoms. The highest BCUT2D eigenvalue weighted by molar-refractivity contribution is 7.10. The van der Waals surface area contributed by atoms with E-state index in [9.17, 15) is 0 Å². The molecule has 5 atom stereocenters. The summed E-state index contributed by atoms with van der Waals surface area (Å²) in [6.45, 7) is 7.38. The molecule has 0 spiro atoms. The lowest BCUT2D eigenvalue weighted by molar-refractivity contribution is 0.153. The summed E-state index contributed by atoms with van der Waals surface area (Å²) in [7, 11) is 0. The Bertz CT molecular complexity index is 536. The Labute approximate surface area is 120 Å². The van der Waals surface area contributed by atoms with Crippen molar-refractivity contribution in [2.24, 2.45) is 17.8 Å². The van der Waals surface area contributed by atoms with Crippen LogP contribution in [0.4, 0.5) is 0 Å². The summed E-state index contributed by atoms with van der Waals surface area (Å²) in [5, 5.41) is 2.33. The average Bonchev–Trinajstić information content (AvgIpc) is 3.02. The second kappa shape index (κ2) is 4.22. The Kier molecular flexibility index (Phi) is 2.71. The van der Waals surface area contributed by atoms with Crippen LogP contribution in [0.1, 0.15) is 68.7 Å². The maximum absolute atomic E-state index is 2.53. The highest BCUT2D eigenvalue weighted by Crippen LogP contribution is 2.59. The number of allylic oxidation sites excluding steroid dienone is 2. The molecule has 4 rings (SSSR count). The van der Waals surface area contributed by atoms with Crippen LogP contribution in [0.5, 0.6) is 0 Å². The Hall–Kier alpha value is -0.560. The first kappa shape index (κ1) is 12.2. The molecule has 1 aromatic heterocycles. The summed E-state index contributed by atoms with van der Waals surface area (Å²) in [5.41, 5.74) is 5.28. The van der Waals surface area contributed by atoms with Crippen LogP contribution < -0.4 is 0 Å². The van der Waals surface area contributed by atoms with Gasteiger partial charge in [-0.25, -0.2) is 0 Å². The lowest BCUT2D eigenvalue weighted by Gasteiger charge is -2.47. The van der Waals surface area contributed by atoms with Gasteiger partial charge in [-0.05, 0) is 79.2 Å². The summed E-state index contributed by atoms with van der Waals surface area (Å²) in [5.74, 6) is 4.36. The number of hydrogen-bond donors (Lipinski definition) is 0. The van der Waals surface area contributed by atoms with Crippen LogP contribution in [0.25, 0.3) is 0 Å². The molecule has 1 fully saturated rings. The second-order valence-electron chi connectivity index (χ2n) is 7.06. The highest BCUT2D eigenvalue weighted by Gasteiger charge is 2.47. The minimum absolute atomic E-state index is 0.766. The van der Waals surface area contributed by atoms with E-state index in [2.05, 4.69) is 32.2 Å². The Morgan fingerprint density at radius 2 is 1.89 bits per heavy atom. The van der Waals surface area contributed by atoms with Crippen molar-refractivity contribution in [1.82, 2.24) is 0 Å². The monoisotopic (exact) mass is 272 g/mol. The lowest BCUT2D eigenvalue weighted by atomic mass is 9.58. The van der Waals surface area contributed by atoms with Crippen LogP contribution in [0.3, 0.4) is 0 Å². The van der Waals surface area contributed by atoms with Gasteiger partial charge in [-0.1, -0.05) is 25.0 Å². The molecule has 0 aromatic carbocycles. The molecule has 0 nitrogen and oxygen atoms in total. The molecule has 3 aliphatic rings. The van der Waals surface area contributed by atoms with Crippen LogP contribution in [-0.2, 0) is 0 Å².